The fraction of sp³-hybridized carbons (Fsp3) is 0. The maximum absolute atomic E-state index is 8.34. The molecule has 0 atom stereocenters. The van der Waals surface area contributed by atoms with Crippen LogP contribution in [0, 0.1) is 6.57 Å². The molecule has 4 aromatic heterocycles. The Morgan fingerprint density at radius 3 is 1.50 bits per heavy atom. The van der Waals surface area contributed by atoms with Crippen LogP contribution in [0.2, 0.25) is 0 Å². The van der Waals surface area contributed by atoms with Crippen molar-refractivity contribution < 1.29 is 8.83 Å². The molecule has 5 heteroatoms. The van der Waals surface area contributed by atoms with Gasteiger partial charge in [0.25, 0.3) is 0 Å². The summed E-state index contributed by atoms with van der Waals surface area (Å²) in [5, 5.41) is 9.06. The highest BCUT2D eigenvalue weighted by molar-refractivity contribution is 6.28. The smallest absolute Gasteiger partial charge is 0.211 e. The van der Waals surface area contributed by atoms with E-state index in [2.05, 4.69) is 141 Å². The molecule has 250 valence electrons. The lowest BCUT2D eigenvalue weighted by molar-refractivity contribution is 0.669. The van der Waals surface area contributed by atoms with E-state index in [0.717, 1.165) is 99.2 Å². The van der Waals surface area contributed by atoms with Crippen molar-refractivity contribution in [1.82, 2.24) is 9.13 Å². The van der Waals surface area contributed by atoms with Gasteiger partial charge in [0.15, 0.2) is 0 Å². The van der Waals surface area contributed by atoms with Gasteiger partial charge in [-0.25, -0.2) is 4.85 Å². The van der Waals surface area contributed by atoms with Crippen LogP contribution in [0.4, 0.5) is 5.69 Å². The molecule has 0 unspecified atom stereocenters. The van der Waals surface area contributed by atoms with E-state index in [4.69, 9.17) is 15.4 Å². The molecule has 12 rings (SSSR count). The van der Waals surface area contributed by atoms with Crippen LogP contribution in [0.25, 0.3) is 115 Å². The van der Waals surface area contributed by atoms with E-state index in [1.807, 2.05) is 36.4 Å². The van der Waals surface area contributed by atoms with Gasteiger partial charge in [-0.1, -0.05) is 103 Å². The van der Waals surface area contributed by atoms with E-state index >= 15 is 0 Å². The molecule has 0 spiro atoms. The van der Waals surface area contributed by atoms with Crippen LogP contribution in [0.3, 0.4) is 0 Å². The third kappa shape index (κ3) is 3.81. The second-order valence-electron chi connectivity index (χ2n) is 13.9. The number of aromatic nitrogens is 2. The molecular formula is C49H27N3O2. The Balaban J connectivity index is 1.09. The van der Waals surface area contributed by atoms with Crippen LogP contribution in [0.5, 0.6) is 0 Å². The summed E-state index contributed by atoms with van der Waals surface area (Å²) >= 11 is 0. The van der Waals surface area contributed by atoms with Gasteiger partial charge in [-0.2, -0.15) is 0 Å². The molecule has 0 aliphatic carbocycles. The predicted molar refractivity (Wildman–Crippen MR) is 221 cm³/mol. The summed E-state index contributed by atoms with van der Waals surface area (Å²) in [4.78, 5) is 4.10. The van der Waals surface area contributed by atoms with Gasteiger partial charge in [0, 0.05) is 48.8 Å². The molecular weight excluding hydrogens is 663 g/mol. The van der Waals surface area contributed by atoms with Crippen molar-refractivity contribution >= 4 is 93.2 Å². The predicted octanol–water partition coefficient (Wildman–Crippen LogP) is 13.9. The van der Waals surface area contributed by atoms with E-state index < -0.39 is 0 Å². The van der Waals surface area contributed by atoms with E-state index in [1.165, 1.54) is 10.8 Å². The van der Waals surface area contributed by atoms with E-state index in [-0.39, 0.29) is 0 Å². The van der Waals surface area contributed by atoms with Crippen molar-refractivity contribution in [3.05, 3.63) is 175 Å². The summed E-state index contributed by atoms with van der Waals surface area (Å²) in [6.07, 6.45) is 0. The maximum atomic E-state index is 8.34. The zero-order valence-corrected chi connectivity index (χ0v) is 28.7. The average molecular weight is 690 g/mol. The van der Waals surface area contributed by atoms with Crippen LogP contribution in [0.15, 0.2) is 173 Å². The Hall–Kier alpha value is -7.55. The van der Waals surface area contributed by atoms with E-state index in [0.29, 0.717) is 5.69 Å². The molecule has 12 aromatic rings. The molecule has 0 aliphatic rings. The summed E-state index contributed by atoms with van der Waals surface area (Å²) < 4.78 is 17.3. The Bertz CT molecular complexity index is 3570. The fourth-order valence-corrected chi connectivity index (χ4v) is 8.95. The standard InChI is InChI=1S/C49H27N3O2/c1-50-36-16-10-15-31(49(36)52-38-18-7-3-12-33(38)46-40(52)26-28-44-48(46)35-14-5-9-20-42(35)54-44)29-21-23-30(24-22-29)51-37-17-6-2-11-32(37)45-39(51)25-27-43-47(45)34-13-4-8-19-41(34)53-43/h2-28H. The van der Waals surface area contributed by atoms with Crippen molar-refractivity contribution in [3.8, 4) is 22.5 Å². The summed E-state index contributed by atoms with van der Waals surface area (Å²) in [7, 11) is 0. The molecule has 0 N–H and O–H groups in total. The molecule has 54 heavy (non-hydrogen) atoms. The first-order valence-electron chi connectivity index (χ1n) is 18.1. The first-order chi connectivity index (χ1) is 26.8. The van der Waals surface area contributed by atoms with Gasteiger partial charge in [-0.3, -0.25) is 0 Å². The molecule has 0 saturated heterocycles. The quantitative estimate of drug-likeness (QED) is 0.173. The largest absolute Gasteiger partial charge is 0.456 e. The molecule has 4 heterocycles. The van der Waals surface area contributed by atoms with Gasteiger partial charge in [-0.15, -0.1) is 0 Å². The number of fused-ring (bicyclic) bond motifs is 14. The van der Waals surface area contributed by atoms with Gasteiger partial charge in [-0.05, 0) is 71.8 Å². The van der Waals surface area contributed by atoms with Crippen LogP contribution < -0.4 is 0 Å². The lowest BCUT2D eigenvalue weighted by Gasteiger charge is -2.17. The third-order valence-corrected chi connectivity index (χ3v) is 11.1. The highest BCUT2D eigenvalue weighted by Crippen LogP contribution is 2.46. The fourth-order valence-electron chi connectivity index (χ4n) is 8.95. The van der Waals surface area contributed by atoms with Crippen molar-refractivity contribution in [2.24, 2.45) is 0 Å². The lowest BCUT2D eigenvalue weighted by atomic mass is 10.0. The molecule has 0 radical (unpaired) electrons. The molecule has 0 bridgehead atoms. The van der Waals surface area contributed by atoms with Gasteiger partial charge < -0.3 is 18.0 Å². The molecule has 8 aromatic carbocycles. The summed E-state index contributed by atoms with van der Waals surface area (Å²) in [6, 6.07) is 56.9. The first-order valence-corrected chi connectivity index (χ1v) is 18.1. The maximum Gasteiger partial charge on any atom is 0.211 e. The van der Waals surface area contributed by atoms with Crippen LogP contribution in [0.1, 0.15) is 0 Å². The molecule has 0 aliphatic heterocycles. The average Bonchev–Trinajstić information content (AvgIpc) is 3.98. The molecule has 0 amide bonds. The highest BCUT2D eigenvalue weighted by atomic mass is 16.3. The van der Waals surface area contributed by atoms with Crippen LogP contribution in [-0.2, 0) is 0 Å². The monoisotopic (exact) mass is 689 g/mol. The number of rotatable bonds is 3. The molecule has 0 saturated carbocycles. The number of hydrogen-bond acceptors (Lipinski definition) is 2. The first kappa shape index (κ1) is 29.1. The highest BCUT2D eigenvalue weighted by Gasteiger charge is 2.23. The Labute approximate surface area is 307 Å². The second-order valence-corrected chi connectivity index (χ2v) is 13.9. The van der Waals surface area contributed by atoms with Crippen molar-refractivity contribution in [1.29, 1.82) is 0 Å². The van der Waals surface area contributed by atoms with Crippen molar-refractivity contribution in [3.63, 3.8) is 0 Å². The summed E-state index contributed by atoms with van der Waals surface area (Å²) in [6.45, 7) is 8.34. The van der Waals surface area contributed by atoms with Gasteiger partial charge >= 0.3 is 0 Å². The normalized spacial score (nSPS) is 12.1. The number of furan rings is 2. The number of hydrogen-bond donors (Lipinski definition) is 0. The van der Waals surface area contributed by atoms with Crippen molar-refractivity contribution in [2.75, 3.05) is 0 Å². The molecule has 5 nitrogen and oxygen atoms in total. The summed E-state index contributed by atoms with van der Waals surface area (Å²) in [5.41, 5.74) is 12.4. The second kappa shape index (κ2) is 10.7. The van der Waals surface area contributed by atoms with Crippen molar-refractivity contribution in [2.45, 2.75) is 0 Å². The van der Waals surface area contributed by atoms with E-state index in [9.17, 15) is 0 Å². The zero-order chi connectivity index (χ0) is 35.5. The number of para-hydroxylation sites is 5. The minimum atomic E-state index is 0.593. The summed E-state index contributed by atoms with van der Waals surface area (Å²) in [5.74, 6) is 0. The van der Waals surface area contributed by atoms with Crippen LogP contribution >= 0.6 is 0 Å². The molecule has 0 fully saturated rings. The Morgan fingerprint density at radius 1 is 0.389 bits per heavy atom. The van der Waals surface area contributed by atoms with Crippen LogP contribution in [-0.4, -0.2) is 9.13 Å². The lowest BCUT2D eigenvalue weighted by Crippen LogP contribution is -1.98. The van der Waals surface area contributed by atoms with Gasteiger partial charge in [0.2, 0.25) is 5.69 Å². The SMILES string of the molecule is [C-]#[N+]c1cccc(-c2ccc(-n3c4ccccc4c4c5c(ccc43)oc3ccccc35)cc2)c1-n1c2ccccc2c2c3c(ccc21)oc1ccccc13. The zero-order valence-electron chi connectivity index (χ0n) is 28.7. The van der Waals surface area contributed by atoms with Gasteiger partial charge in [0.05, 0.1) is 34.3 Å². The Morgan fingerprint density at radius 2 is 0.907 bits per heavy atom. The minimum absolute atomic E-state index is 0.593. The number of nitrogens with zero attached hydrogens (tertiary/aromatic N) is 3. The topological polar surface area (TPSA) is 40.5 Å². The Kier molecular flexibility index (Phi) is 5.78. The minimum Gasteiger partial charge on any atom is -0.456 e. The third-order valence-electron chi connectivity index (χ3n) is 11.1. The van der Waals surface area contributed by atoms with E-state index in [1.54, 1.807) is 0 Å². The van der Waals surface area contributed by atoms with Gasteiger partial charge in [0.1, 0.15) is 22.3 Å². The number of benzene rings is 8.